The van der Waals surface area contributed by atoms with E-state index in [1.165, 1.54) is 22.2 Å². The van der Waals surface area contributed by atoms with Gasteiger partial charge in [-0.05, 0) is 48.4 Å². The van der Waals surface area contributed by atoms with Crippen molar-refractivity contribution in [1.29, 1.82) is 0 Å². The van der Waals surface area contributed by atoms with E-state index in [0.717, 1.165) is 43.3 Å². The Balaban J connectivity index is 1.40. The molecule has 130 valence electrons. The number of rotatable bonds is 4. The third-order valence-corrected chi connectivity index (χ3v) is 5.31. The predicted molar refractivity (Wildman–Crippen MR) is 107 cm³/mol. The Labute approximate surface area is 161 Å². The molecule has 0 atom stereocenters. The number of aromatic amines is 1. The van der Waals surface area contributed by atoms with E-state index in [1.54, 1.807) is 6.07 Å². The second kappa shape index (κ2) is 7.08. The van der Waals surface area contributed by atoms with E-state index in [0.29, 0.717) is 10.0 Å². The fourth-order valence-corrected chi connectivity index (χ4v) is 4.17. The lowest BCUT2D eigenvalue weighted by Gasteiger charge is -2.27. The summed E-state index contributed by atoms with van der Waals surface area (Å²) < 4.78 is 0. The monoisotopic (exact) mass is 393 g/mol. The first-order valence-corrected chi connectivity index (χ1v) is 9.43. The summed E-state index contributed by atoms with van der Waals surface area (Å²) in [6, 6.07) is 11.6. The van der Waals surface area contributed by atoms with Gasteiger partial charge in [0.25, 0.3) is 0 Å². The topological polar surface area (TPSA) is 31.1 Å². The minimum atomic E-state index is 0.648. The maximum Gasteiger partial charge on any atom is 0.0460 e. The summed E-state index contributed by atoms with van der Waals surface area (Å²) in [7, 11) is 0. The summed E-state index contributed by atoms with van der Waals surface area (Å²) in [5, 5.41) is 6.74. The lowest BCUT2D eigenvalue weighted by Crippen LogP contribution is -2.34. The molecule has 0 saturated carbocycles. The lowest BCUT2D eigenvalue weighted by molar-refractivity contribution is 0.262. The standard InChI is InChI=1S/C19H18Cl3N3/c20-12-1-2-18-17(10-12)16-3-5-25(11-19(16)24-18)6-4-23-15-8-13(21)7-14(22)9-15/h1-2,7-10,23-24H,3-6,11H2. The quantitative estimate of drug-likeness (QED) is 0.603. The molecule has 3 aromatic rings. The Morgan fingerprint density at radius 1 is 1.00 bits per heavy atom. The van der Waals surface area contributed by atoms with Gasteiger partial charge >= 0.3 is 0 Å². The molecule has 0 bridgehead atoms. The first kappa shape index (κ1) is 17.0. The zero-order valence-corrected chi connectivity index (χ0v) is 15.8. The fourth-order valence-electron chi connectivity index (χ4n) is 3.47. The maximum absolute atomic E-state index is 6.14. The van der Waals surface area contributed by atoms with E-state index in [2.05, 4.69) is 27.3 Å². The fraction of sp³-hybridized carbons (Fsp3) is 0.263. The van der Waals surface area contributed by atoms with Crippen LogP contribution in [0.1, 0.15) is 11.3 Å². The van der Waals surface area contributed by atoms with Gasteiger partial charge in [0.15, 0.2) is 0 Å². The summed E-state index contributed by atoms with van der Waals surface area (Å²) >= 11 is 18.2. The average molecular weight is 395 g/mol. The van der Waals surface area contributed by atoms with Crippen LogP contribution >= 0.6 is 34.8 Å². The second-order valence-corrected chi connectivity index (χ2v) is 7.69. The summed E-state index contributed by atoms with van der Waals surface area (Å²) in [5.74, 6) is 0. The molecular formula is C19H18Cl3N3. The Hall–Kier alpha value is -1.39. The molecule has 0 saturated heterocycles. The van der Waals surface area contributed by atoms with Gasteiger partial charge in [-0.1, -0.05) is 34.8 Å². The predicted octanol–water partition coefficient (Wildman–Crippen LogP) is 5.60. The van der Waals surface area contributed by atoms with Gasteiger partial charge in [-0.2, -0.15) is 0 Å². The van der Waals surface area contributed by atoms with Crippen molar-refractivity contribution >= 4 is 51.4 Å². The molecule has 0 amide bonds. The number of hydrogen-bond acceptors (Lipinski definition) is 2. The van der Waals surface area contributed by atoms with Crippen molar-refractivity contribution in [1.82, 2.24) is 9.88 Å². The van der Waals surface area contributed by atoms with Crippen molar-refractivity contribution in [3.05, 3.63) is 62.7 Å². The third kappa shape index (κ3) is 3.75. The number of nitrogens with one attached hydrogen (secondary N) is 2. The van der Waals surface area contributed by atoms with Crippen LogP contribution < -0.4 is 5.32 Å². The molecule has 6 heteroatoms. The molecule has 4 rings (SSSR count). The van der Waals surface area contributed by atoms with Crippen LogP contribution in [0.5, 0.6) is 0 Å². The molecule has 2 aromatic carbocycles. The average Bonchev–Trinajstić information content (AvgIpc) is 2.91. The van der Waals surface area contributed by atoms with Gasteiger partial charge in [0.1, 0.15) is 0 Å². The first-order valence-electron chi connectivity index (χ1n) is 8.30. The van der Waals surface area contributed by atoms with Gasteiger partial charge in [-0.15, -0.1) is 0 Å². The van der Waals surface area contributed by atoms with Gasteiger partial charge in [0.2, 0.25) is 0 Å². The van der Waals surface area contributed by atoms with Crippen molar-refractivity contribution in [2.45, 2.75) is 13.0 Å². The molecule has 1 aliphatic rings. The zero-order valence-electron chi connectivity index (χ0n) is 13.6. The molecule has 25 heavy (non-hydrogen) atoms. The number of nitrogens with zero attached hydrogens (tertiary/aromatic N) is 1. The van der Waals surface area contributed by atoms with Crippen molar-refractivity contribution in [3.8, 4) is 0 Å². The smallest absolute Gasteiger partial charge is 0.0460 e. The van der Waals surface area contributed by atoms with Crippen molar-refractivity contribution in [2.24, 2.45) is 0 Å². The summed E-state index contributed by atoms with van der Waals surface area (Å²) in [6.07, 6.45) is 1.04. The van der Waals surface area contributed by atoms with Crippen LogP contribution in [-0.2, 0) is 13.0 Å². The number of benzene rings is 2. The maximum atomic E-state index is 6.14. The van der Waals surface area contributed by atoms with Crippen LogP contribution in [-0.4, -0.2) is 29.5 Å². The molecule has 0 fully saturated rings. The van der Waals surface area contributed by atoms with Gasteiger partial charge in [-0.25, -0.2) is 0 Å². The van der Waals surface area contributed by atoms with Gasteiger partial charge in [-0.3, -0.25) is 4.90 Å². The summed E-state index contributed by atoms with van der Waals surface area (Å²) in [6.45, 7) is 3.78. The number of hydrogen-bond donors (Lipinski definition) is 2. The van der Waals surface area contributed by atoms with Crippen LogP contribution in [0.25, 0.3) is 10.9 Å². The Bertz CT molecular complexity index is 899. The largest absolute Gasteiger partial charge is 0.384 e. The van der Waals surface area contributed by atoms with E-state index in [4.69, 9.17) is 34.8 Å². The van der Waals surface area contributed by atoms with Gasteiger partial charge < -0.3 is 10.3 Å². The molecule has 0 spiro atoms. The highest BCUT2D eigenvalue weighted by molar-refractivity contribution is 6.35. The van der Waals surface area contributed by atoms with Gasteiger partial charge in [0, 0.05) is 63.5 Å². The van der Waals surface area contributed by atoms with E-state index in [1.807, 2.05) is 18.2 Å². The lowest BCUT2D eigenvalue weighted by atomic mass is 10.0. The van der Waals surface area contributed by atoms with Crippen LogP contribution in [0.15, 0.2) is 36.4 Å². The minimum absolute atomic E-state index is 0.648. The first-order chi connectivity index (χ1) is 12.1. The Morgan fingerprint density at radius 3 is 2.60 bits per heavy atom. The zero-order chi connectivity index (χ0) is 17.4. The Kier molecular flexibility index (Phi) is 4.83. The van der Waals surface area contributed by atoms with Crippen molar-refractivity contribution in [3.63, 3.8) is 0 Å². The van der Waals surface area contributed by atoms with Crippen LogP contribution in [0, 0.1) is 0 Å². The summed E-state index contributed by atoms with van der Waals surface area (Å²) in [4.78, 5) is 5.98. The molecule has 0 aliphatic carbocycles. The molecule has 2 N–H and O–H groups in total. The molecule has 1 aliphatic heterocycles. The molecular weight excluding hydrogens is 377 g/mol. The number of halogens is 3. The molecule has 3 nitrogen and oxygen atoms in total. The number of aromatic nitrogens is 1. The van der Waals surface area contributed by atoms with E-state index in [-0.39, 0.29) is 0 Å². The highest BCUT2D eigenvalue weighted by atomic mass is 35.5. The van der Waals surface area contributed by atoms with Crippen LogP contribution in [0.2, 0.25) is 15.1 Å². The molecule has 0 radical (unpaired) electrons. The minimum Gasteiger partial charge on any atom is -0.384 e. The van der Waals surface area contributed by atoms with E-state index >= 15 is 0 Å². The van der Waals surface area contributed by atoms with Gasteiger partial charge in [0.05, 0.1) is 0 Å². The molecule has 2 heterocycles. The third-order valence-electron chi connectivity index (χ3n) is 4.64. The number of anilines is 1. The molecule has 0 unspecified atom stereocenters. The van der Waals surface area contributed by atoms with Crippen molar-refractivity contribution < 1.29 is 0 Å². The Morgan fingerprint density at radius 2 is 1.80 bits per heavy atom. The number of H-pyrrole nitrogens is 1. The highest BCUT2D eigenvalue weighted by Crippen LogP contribution is 2.29. The van der Waals surface area contributed by atoms with E-state index in [9.17, 15) is 0 Å². The highest BCUT2D eigenvalue weighted by Gasteiger charge is 2.20. The second-order valence-electron chi connectivity index (χ2n) is 6.38. The van der Waals surface area contributed by atoms with Crippen LogP contribution in [0.4, 0.5) is 5.69 Å². The van der Waals surface area contributed by atoms with E-state index < -0.39 is 0 Å². The van der Waals surface area contributed by atoms with Crippen LogP contribution in [0.3, 0.4) is 0 Å². The number of fused-ring (bicyclic) bond motifs is 3. The molecule has 1 aromatic heterocycles. The van der Waals surface area contributed by atoms with Crippen molar-refractivity contribution in [2.75, 3.05) is 25.0 Å². The normalized spacial score (nSPS) is 14.7. The summed E-state index contributed by atoms with van der Waals surface area (Å²) in [5.41, 5.74) is 4.83. The SMILES string of the molecule is Clc1cc(Cl)cc(NCCN2CCc3c([nH]c4ccc(Cl)cc34)C2)c1.